The Labute approximate surface area is 177 Å². The smallest absolute Gasteiger partial charge is 0.0702 e. The molecule has 0 amide bonds. The third-order valence-electron chi connectivity index (χ3n) is 5.18. The SMILES string of the molecule is ClCCCCC(=C(c1ccccc1)c1cnc2ccccc2c1)c1ccccc1. The number of rotatable bonds is 7. The van der Waals surface area contributed by atoms with Crippen LogP contribution in [0.3, 0.4) is 0 Å². The average Bonchev–Trinajstić information content (AvgIpc) is 2.79. The van der Waals surface area contributed by atoms with Crippen molar-refractivity contribution in [1.29, 1.82) is 0 Å². The zero-order valence-electron chi connectivity index (χ0n) is 16.4. The predicted octanol–water partition coefficient (Wildman–Crippen LogP) is 7.60. The minimum Gasteiger partial charge on any atom is -0.256 e. The molecule has 0 bridgehead atoms. The summed E-state index contributed by atoms with van der Waals surface area (Å²) in [6, 6.07) is 31.9. The van der Waals surface area contributed by atoms with Gasteiger partial charge in [-0.25, -0.2) is 0 Å². The Kier molecular flexibility index (Phi) is 6.38. The van der Waals surface area contributed by atoms with Crippen LogP contribution in [0.15, 0.2) is 97.2 Å². The fraction of sp³-hybridized carbons (Fsp3) is 0.148. The molecule has 3 aromatic carbocycles. The van der Waals surface area contributed by atoms with Crippen LogP contribution in [0.5, 0.6) is 0 Å². The number of pyridine rings is 1. The lowest BCUT2D eigenvalue weighted by atomic mass is 9.87. The van der Waals surface area contributed by atoms with Gasteiger partial charge in [0.15, 0.2) is 0 Å². The standard InChI is InChI=1S/C27H24ClN/c28-18-10-9-16-25(21-11-3-1-4-12-21)27(22-13-5-2-6-14-22)24-19-23-15-7-8-17-26(23)29-20-24/h1-8,11-15,17,19-20H,9-10,16,18H2. The highest BCUT2D eigenvalue weighted by Crippen LogP contribution is 2.36. The summed E-state index contributed by atoms with van der Waals surface area (Å²) in [4.78, 5) is 4.74. The van der Waals surface area contributed by atoms with Gasteiger partial charge in [-0.1, -0.05) is 78.9 Å². The molecular formula is C27H24ClN. The van der Waals surface area contributed by atoms with E-state index in [0.29, 0.717) is 5.88 Å². The lowest BCUT2D eigenvalue weighted by molar-refractivity contribution is 0.830. The van der Waals surface area contributed by atoms with Gasteiger partial charge in [-0.15, -0.1) is 11.6 Å². The maximum atomic E-state index is 5.98. The summed E-state index contributed by atoms with van der Waals surface area (Å²) in [5.74, 6) is 0.695. The fourth-order valence-corrected chi connectivity index (χ4v) is 3.97. The molecule has 0 atom stereocenters. The number of alkyl halides is 1. The third kappa shape index (κ3) is 4.58. The number of allylic oxidation sites excluding steroid dienone is 1. The van der Waals surface area contributed by atoms with Crippen molar-refractivity contribution < 1.29 is 0 Å². The molecule has 1 heterocycles. The van der Waals surface area contributed by atoms with Crippen molar-refractivity contribution in [1.82, 2.24) is 4.98 Å². The Morgan fingerprint density at radius 3 is 2.07 bits per heavy atom. The van der Waals surface area contributed by atoms with Crippen LogP contribution in [0.1, 0.15) is 36.0 Å². The number of nitrogens with zero attached hydrogens (tertiary/aromatic N) is 1. The van der Waals surface area contributed by atoms with E-state index in [4.69, 9.17) is 16.6 Å². The second-order valence-electron chi connectivity index (χ2n) is 7.15. The van der Waals surface area contributed by atoms with Crippen molar-refractivity contribution in [3.63, 3.8) is 0 Å². The fourth-order valence-electron chi connectivity index (χ4n) is 3.78. The van der Waals surface area contributed by atoms with E-state index < -0.39 is 0 Å². The van der Waals surface area contributed by atoms with Gasteiger partial charge in [0.25, 0.3) is 0 Å². The first kappa shape index (κ1) is 19.4. The van der Waals surface area contributed by atoms with Gasteiger partial charge in [-0.3, -0.25) is 4.98 Å². The Balaban J connectivity index is 1.95. The lowest BCUT2D eigenvalue weighted by Crippen LogP contribution is -1.97. The van der Waals surface area contributed by atoms with Gasteiger partial charge in [0.2, 0.25) is 0 Å². The van der Waals surface area contributed by atoms with E-state index in [-0.39, 0.29) is 0 Å². The van der Waals surface area contributed by atoms with Crippen molar-refractivity contribution in [2.24, 2.45) is 0 Å². The highest BCUT2D eigenvalue weighted by molar-refractivity contribution is 6.17. The lowest BCUT2D eigenvalue weighted by Gasteiger charge is -2.18. The molecule has 0 radical (unpaired) electrons. The molecule has 0 aliphatic heterocycles. The summed E-state index contributed by atoms with van der Waals surface area (Å²) in [6.07, 6.45) is 5.06. The first-order valence-electron chi connectivity index (χ1n) is 10.1. The van der Waals surface area contributed by atoms with Crippen LogP contribution in [-0.2, 0) is 0 Å². The van der Waals surface area contributed by atoms with E-state index in [1.165, 1.54) is 22.3 Å². The normalized spacial score (nSPS) is 12.0. The number of unbranched alkanes of at least 4 members (excludes halogenated alkanes) is 1. The molecule has 0 unspecified atom stereocenters. The van der Waals surface area contributed by atoms with Crippen LogP contribution in [0.4, 0.5) is 0 Å². The largest absolute Gasteiger partial charge is 0.256 e. The summed E-state index contributed by atoms with van der Waals surface area (Å²) in [5, 5.41) is 1.16. The molecule has 4 rings (SSSR count). The Morgan fingerprint density at radius 1 is 0.690 bits per heavy atom. The molecule has 0 saturated heterocycles. The molecule has 0 saturated carbocycles. The van der Waals surface area contributed by atoms with Gasteiger partial charge in [0.05, 0.1) is 5.52 Å². The summed E-state index contributed by atoms with van der Waals surface area (Å²) >= 11 is 5.98. The zero-order valence-corrected chi connectivity index (χ0v) is 17.1. The molecule has 1 aromatic heterocycles. The van der Waals surface area contributed by atoms with Crippen LogP contribution < -0.4 is 0 Å². The summed E-state index contributed by atoms with van der Waals surface area (Å²) in [5.41, 5.74) is 7.25. The van der Waals surface area contributed by atoms with Crippen molar-refractivity contribution in [3.8, 4) is 0 Å². The molecule has 144 valence electrons. The average molecular weight is 398 g/mol. The van der Waals surface area contributed by atoms with E-state index in [1.54, 1.807) is 0 Å². The van der Waals surface area contributed by atoms with E-state index in [1.807, 2.05) is 12.3 Å². The topological polar surface area (TPSA) is 12.9 Å². The van der Waals surface area contributed by atoms with Crippen molar-refractivity contribution in [2.45, 2.75) is 19.3 Å². The van der Waals surface area contributed by atoms with E-state index in [9.17, 15) is 0 Å². The summed E-state index contributed by atoms with van der Waals surface area (Å²) in [6.45, 7) is 0. The molecule has 1 nitrogen and oxygen atoms in total. The molecule has 0 fully saturated rings. The highest BCUT2D eigenvalue weighted by atomic mass is 35.5. The Hall–Kier alpha value is -2.90. The number of hydrogen-bond donors (Lipinski definition) is 0. The van der Waals surface area contributed by atoms with E-state index in [2.05, 4.69) is 84.9 Å². The molecule has 0 aliphatic rings. The first-order chi connectivity index (χ1) is 14.4. The summed E-state index contributed by atoms with van der Waals surface area (Å²) in [7, 11) is 0. The maximum absolute atomic E-state index is 5.98. The highest BCUT2D eigenvalue weighted by Gasteiger charge is 2.15. The Morgan fingerprint density at radius 2 is 1.34 bits per heavy atom. The summed E-state index contributed by atoms with van der Waals surface area (Å²) < 4.78 is 0. The Bertz CT molecular complexity index is 1100. The number of benzene rings is 3. The number of para-hydroxylation sites is 1. The number of hydrogen-bond acceptors (Lipinski definition) is 1. The van der Waals surface area contributed by atoms with E-state index >= 15 is 0 Å². The third-order valence-corrected chi connectivity index (χ3v) is 5.44. The van der Waals surface area contributed by atoms with E-state index in [0.717, 1.165) is 35.7 Å². The van der Waals surface area contributed by atoms with Crippen molar-refractivity contribution in [3.05, 3.63) is 114 Å². The van der Waals surface area contributed by atoms with Gasteiger partial charge in [-0.05, 0) is 53.7 Å². The van der Waals surface area contributed by atoms with Crippen molar-refractivity contribution in [2.75, 3.05) is 5.88 Å². The van der Waals surface area contributed by atoms with Crippen molar-refractivity contribution >= 4 is 33.7 Å². The van der Waals surface area contributed by atoms with Crippen LogP contribution in [0.25, 0.3) is 22.0 Å². The second kappa shape index (κ2) is 9.54. The quantitative estimate of drug-likeness (QED) is 0.178. The minimum atomic E-state index is 0.695. The first-order valence-corrected chi connectivity index (χ1v) is 10.7. The number of fused-ring (bicyclic) bond motifs is 1. The van der Waals surface area contributed by atoms with Gasteiger partial charge in [-0.2, -0.15) is 0 Å². The predicted molar refractivity (Wildman–Crippen MR) is 125 cm³/mol. The van der Waals surface area contributed by atoms with Gasteiger partial charge < -0.3 is 0 Å². The van der Waals surface area contributed by atoms with Gasteiger partial charge >= 0.3 is 0 Å². The molecule has 0 spiro atoms. The molecular weight excluding hydrogens is 374 g/mol. The van der Waals surface area contributed by atoms with Gasteiger partial charge in [0.1, 0.15) is 0 Å². The molecule has 0 aliphatic carbocycles. The molecule has 0 N–H and O–H groups in total. The zero-order chi connectivity index (χ0) is 19.9. The second-order valence-corrected chi connectivity index (χ2v) is 7.53. The van der Waals surface area contributed by atoms with Crippen LogP contribution in [0, 0.1) is 0 Å². The van der Waals surface area contributed by atoms with Crippen LogP contribution in [-0.4, -0.2) is 10.9 Å². The maximum Gasteiger partial charge on any atom is 0.0702 e. The van der Waals surface area contributed by atoms with Crippen LogP contribution in [0.2, 0.25) is 0 Å². The molecule has 4 aromatic rings. The molecule has 2 heteroatoms. The molecule has 29 heavy (non-hydrogen) atoms. The minimum absolute atomic E-state index is 0.695. The number of aromatic nitrogens is 1. The van der Waals surface area contributed by atoms with Gasteiger partial charge in [0, 0.05) is 23.0 Å². The van der Waals surface area contributed by atoms with Crippen LogP contribution >= 0.6 is 11.6 Å². The number of halogens is 1. The monoisotopic (exact) mass is 397 g/mol.